The van der Waals surface area contributed by atoms with Crippen molar-refractivity contribution in [3.05, 3.63) is 65.5 Å². The van der Waals surface area contributed by atoms with E-state index in [9.17, 15) is 22.7 Å². The average molecular weight is 348 g/mol. The number of rotatable bonds is 3. The van der Waals surface area contributed by atoms with Crippen molar-refractivity contribution in [2.45, 2.75) is 11.2 Å². The molecule has 1 N–H and O–H groups in total. The zero-order chi connectivity index (χ0) is 17.5. The third kappa shape index (κ3) is 2.95. The molecule has 0 spiro atoms. The largest absolute Gasteiger partial charge is 0.428 e. The standard InChI is InChI=1S/C17H13FO5S/c1-24(21,22)13-8-4-11(5-9-13)15-14(16(19)23-17(15)20)10-2-6-12(18)7-3-10/h2-9,17,20H,1H3. The van der Waals surface area contributed by atoms with Gasteiger partial charge in [-0.15, -0.1) is 0 Å². The van der Waals surface area contributed by atoms with E-state index >= 15 is 0 Å². The molecule has 1 aliphatic rings. The molecule has 7 heteroatoms. The minimum Gasteiger partial charge on any atom is -0.428 e. The maximum atomic E-state index is 13.1. The number of esters is 1. The highest BCUT2D eigenvalue weighted by molar-refractivity contribution is 7.90. The fourth-order valence-corrected chi connectivity index (χ4v) is 3.14. The Hall–Kier alpha value is -2.51. The Bertz CT molecular complexity index is 928. The van der Waals surface area contributed by atoms with Gasteiger partial charge in [0.15, 0.2) is 9.84 Å². The molecule has 0 fully saturated rings. The van der Waals surface area contributed by atoms with Crippen LogP contribution in [0.3, 0.4) is 0 Å². The van der Waals surface area contributed by atoms with E-state index in [1.54, 1.807) is 0 Å². The summed E-state index contributed by atoms with van der Waals surface area (Å²) in [7, 11) is -3.36. The molecule has 0 aromatic heterocycles. The zero-order valence-electron chi connectivity index (χ0n) is 12.6. The first-order chi connectivity index (χ1) is 11.3. The predicted octanol–water partition coefficient (Wildman–Crippen LogP) is 2.02. The number of cyclic esters (lactones) is 1. The molecule has 1 heterocycles. The number of aliphatic hydroxyl groups excluding tert-OH is 1. The van der Waals surface area contributed by atoms with Crippen LogP contribution in [0.25, 0.3) is 11.1 Å². The van der Waals surface area contributed by atoms with Gasteiger partial charge in [-0.2, -0.15) is 0 Å². The van der Waals surface area contributed by atoms with Crippen molar-refractivity contribution in [2.75, 3.05) is 6.26 Å². The molecular weight excluding hydrogens is 335 g/mol. The monoisotopic (exact) mass is 348 g/mol. The summed E-state index contributed by atoms with van der Waals surface area (Å²) in [5, 5.41) is 10.0. The van der Waals surface area contributed by atoms with E-state index in [1.807, 2.05) is 0 Å². The first kappa shape index (κ1) is 16.4. The number of sulfone groups is 1. The lowest BCUT2D eigenvalue weighted by Crippen LogP contribution is -2.09. The summed E-state index contributed by atoms with van der Waals surface area (Å²) in [4.78, 5) is 12.2. The van der Waals surface area contributed by atoms with Gasteiger partial charge in [0.25, 0.3) is 0 Å². The lowest BCUT2D eigenvalue weighted by atomic mass is 9.96. The minimum absolute atomic E-state index is 0.120. The molecule has 1 unspecified atom stereocenters. The van der Waals surface area contributed by atoms with Crippen LogP contribution in [0.1, 0.15) is 11.1 Å². The molecule has 0 amide bonds. The highest BCUT2D eigenvalue weighted by Gasteiger charge is 2.34. The van der Waals surface area contributed by atoms with E-state index in [-0.39, 0.29) is 16.0 Å². The fraction of sp³-hybridized carbons (Fsp3) is 0.118. The number of carbonyl (C=O) groups is 1. The Morgan fingerprint density at radius 1 is 1.00 bits per heavy atom. The molecule has 2 aromatic carbocycles. The van der Waals surface area contributed by atoms with Crippen LogP contribution in [0.5, 0.6) is 0 Å². The van der Waals surface area contributed by atoms with Crippen LogP contribution in [0.2, 0.25) is 0 Å². The van der Waals surface area contributed by atoms with Crippen LogP contribution in [0.15, 0.2) is 53.4 Å². The number of benzene rings is 2. The highest BCUT2D eigenvalue weighted by Crippen LogP contribution is 2.36. The van der Waals surface area contributed by atoms with Crippen molar-refractivity contribution in [2.24, 2.45) is 0 Å². The van der Waals surface area contributed by atoms with Gasteiger partial charge in [-0.3, -0.25) is 0 Å². The molecule has 5 nitrogen and oxygen atoms in total. The van der Waals surface area contributed by atoms with Gasteiger partial charge in [0.2, 0.25) is 6.29 Å². The van der Waals surface area contributed by atoms with Crippen LogP contribution in [0, 0.1) is 5.82 Å². The van der Waals surface area contributed by atoms with Gasteiger partial charge in [-0.1, -0.05) is 24.3 Å². The summed E-state index contributed by atoms with van der Waals surface area (Å²) in [6.45, 7) is 0. The number of carbonyl (C=O) groups excluding carboxylic acids is 1. The Morgan fingerprint density at radius 3 is 2.08 bits per heavy atom. The van der Waals surface area contributed by atoms with Crippen LogP contribution >= 0.6 is 0 Å². The lowest BCUT2D eigenvalue weighted by Gasteiger charge is -2.09. The second-order valence-corrected chi connectivity index (χ2v) is 7.37. The van der Waals surface area contributed by atoms with E-state index in [2.05, 4.69) is 0 Å². The van der Waals surface area contributed by atoms with Gasteiger partial charge < -0.3 is 9.84 Å². The van der Waals surface area contributed by atoms with Gasteiger partial charge in [0, 0.05) is 11.8 Å². The van der Waals surface area contributed by atoms with Crippen molar-refractivity contribution in [1.29, 1.82) is 0 Å². The molecule has 0 saturated heterocycles. The van der Waals surface area contributed by atoms with E-state index in [1.165, 1.54) is 48.5 Å². The van der Waals surface area contributed by atoms with Gasteiger partial charge in [0.1, 0.15) is 5.82 Å². The molecular formula is C17H13FO5S. The van der Waals surface area contributed by atoms with Crippen LogP contribution in [-0.4, -0.2) is 32.0 Å². The molecule has 0 radical (unpaired) electrons. The highest BCUT2D eigenvalue weighted by atomic mass is 32.2. The third-order valence-electron chi connectivity index (χ3n) is 3.67. The van der Waals surface area contributed by atoms with Gasteiger partial charge in [0.05, 0.1) is 10.5 Å². The number of halogens is 1. The average Bonchev–Trinajstić information content (AvgIpc) is 2.82. The van der Waals surface area contributed by atoms with E-state index < -0.39 is 27.9 Å². The number of hydrogen-bond donors (Lipinski definition) is 1. The quantitative estimate of drug-likeness (QED) is 0.859. The maximum Gasteiger partial charge on any atom is 0.341 e. The molecule has 0 aliphatic carbocycles. The van der Waals surface area contributed by atoms with Crippen molar-refractivity contribution in [1.82, 2.24) is 0 Å². The fourth-order valence-electron chi connectivity index (χ4n) is 2.51. The SMILES string of the molecule is CS(=O)(=O)c1ccc(C2=C(c3ccc(F)cc3)C(=O)OC2O)cc1. The Kier molecular flexibility index (Phi) is 3.98. The molecule has 1 aliphatic heterocycles. The summed E-state index contributed by atoms with van der Waals surface area (Å²) >= 11 is 0. The van der Waals surface area contributed by atoms with Crippen LogP contribution < -0.4 is 0 Å². The lowest BCUT2D eigenvalue weighted by molar-refractivity contribution is -0.148. The molecule has 1 atom stereocenters. The zero-order valence-corrected chi connectivity index (χ0v) is 13.4. The van der Waals surface area contributed by atoms with Crippen LogP contribution in [0.4, 0.5) is 4.39 Å². The summed E-state index contributed by atoms with van der Waals surface area (Å²) in [5.74, 6) is -1.18. The van der Waals surface area contributed by atoms with Gasteiger partial charge in [-0.25, -0.2) is 17.6 Å². The maximum absolute atomic E-state index is 13.1. The molecule has 0 bridgehead atoms. The predicted molar refractivity (Wildman–Crippen MR) is 84.9 cm³/mol. The Labute approximate surface area is 137 Å². The van der Waals surface area contributed by atoms with E-state index in [0.717, 1.165) is 6.26 Å². The van der Waals surface area contributed by atoms with Gasteiger partial charge >= 0.3 is 5.97 Å². The first-order valence-corrected chi connectivity index (χ1v) is 8.86. The van der Waals surface area contributed by atoms with E-state index in [4.69, 9.17) is 4.74 Å². The van der Waals surface area contributed by atoms with Gasteiger partial charge in [-0.05, 0) is 35.4 Å². The molecule has 0 saturated carbocycles. The van der Waals surface area contributed by atoms with Crippen LogP contribution in [-0.2, 0) is 19.4 Å². The summed E-state index contributed by atoms with van der Waals surface area (Å²) in [6.07, 6.45) is -0.385. The molecule has 24 heavy (non-hydrogen) atoms. The van der Waals surface area contributed by atoms with Crippen molar-refractivity contribution in [3.63, 3.8) is 0 Å². The minimum atomic E-state index is -3.36. The smallest absolute Gasteiger partial charge is 0.341 e. The molecule has 124 valence electrons. The first-order valence-electron chi connectivity index (χ1n) is 6.97. The van der Waals surface area contributed by atoms with E-state index in [0.29, 0.717) is 11.1 Å². The topological polar surface area (TPSA) is 80.7 Å². The number of hydrogen-bond acceptors (Lipinski definition) is 5. The van der Waals surface area contributed by atoms with Crippen molar-refractivity contribution < 1.29 is 27.4 Å². The molecule has 3 rings (SSSR count). The second-order valence-electron chi connectivity index (χ2n) is 5.35. The van der Waals surface area contributed by atoms with Crippen molar-refractivity contribution >= 4 is 27.0 Å². The Morgan fingerprint density at radius 2 is 1.54 bits per heavy atom. The molecule has 2 aromatic rings. The number of ether oxygens (including phenoxy) is 1. The second kappa shape index (κ2) is 5.85. The Balaban J connectivity index is 2.14. The van der Waals surface area contributed by atoms with Crippen molar-refractivity contribution in [3.8, 4) is 0 Å². The summed E-state index contributed by atoms with van der Waals surface area (Å²) < 4.78 is 41.0. The normalized spacial score (nSPS) is 18.0. The third-order valence-corrected chi connectivity index (χ3v) is 4.79. The summed E-state index contributed by atoms with van der Waals surface area (Å²) in [5.41, 5.74) is 1.18. The number of aliphatic hydroxyl groups is 1. The summed E-state index contributed by atoms with van der Waals surface area (Å²) in [6, 6.07) is 11.0.